The highest BCUT2D eigenvalue weighted by atomic mass is 14.6. The largest absolute Gasteiger partial charge is 0.361 e. The van der Waals surface area contributed by atoms with Crippen LogP contribution in [0.25, 0.3) is 12.2 Å². The highest BCUT2D eigenvalue weighted by molar-refractivity contribution is 5.44. The van der Waals surface area contributed by atoms with Crippen LogP contribution >= 0.6 is 0 Å². The van der Waals surface area contributed by atoms with Crippen LogP contribution in [0.1, 0.15) is 0 Å². The first-order valence-corrected chi connectivity index (χ1v) is 3.57. The Kier molecular flexibility index (Phi) is 1.48. The van der Waals surface area contributed by atoms with E-state index in [9.17, 15) is 0 Å². The highest BCUT2D eigenvalue weighted by Gasteiger charge is 1.83. The molecule has 1 nitrogen and oxygen atoms in total. The SMILES string of the molecule is [C]1=C\C=c2\[nH]cc\c2=C\C=C/1. The van der Waals surface area contributed by atoms with Gasteiger partial charge < -0.3 is 4.98 Å². The Hall–Kier alpha value is -1.50. The third-order valence-electron chi connectivity index (χ3n) is 1.63. The Morgan fingerprint density at radius 3 is 3.27 bits per heavy atom. The predicted molar refractivity (Wildman–Crippen MR) is 45.9 cm³/mol. The fourth-order valence-electron chi connectivity index (χ4n) is 1.08. The smallest absolute Gasteiger partial charge is 0.0454 e. The molecule has 1 heterocycles. The van der Waals surface area contributed by atoms with Crippen molar-refractivity contribution in [2.75, 3.05) is 0 Å². The third kappa shape index (κ3) is 1.17. The van der Waals surface area contributed by atoms with Crippen molar-refractivity contribution in [3.05, 3.63) is 47.1 Å². The van der Waals surface area contributed by atoms with Gasteiger partial charge in [-0.15, -0.1) is 0 Å². The van der Waals surface area contributed by atoms with Crippen LogP contribution in [0.15, 0.2) is 30.5 Å². The second kappa shape index (κ2) is 2.62. The molecule has 1 N–H and O–H groups in total. The van der Waals surface area contributed by atoms with Gasteiger partial charge in [-0.2, -0.15) is 0 Å². The monoisotopic (exact) mass is 142 g/mol. The molecule has 1 aliphatic carbocycles. The second-order valence-corrected chi connectivity index (χ2v) is 2.37. The molecule has 0 atom stereocenters. The minimum absolute atomic E-state index is 1.14. The first kappa shape index (κ1) is 6.23. The van der Waals surface area contributed by atoms with Crippen LogP contribution in [0.4, 0.5) is 0 Å². The molecular formula is C10H8N. The molecular weight excluding hydrogens is 134 g/mol. The number of aromatic nitrogens is 1. The fraction of sp³-hybridized carbons (Fsp3) is 0. The van der Waals surface area contributed by atoms with Gasteiger partial charge in [0.05, 0.1) is 0 Å². The normalized spacial score (nSPS) is 26.2. The summed E-state index contributed by atoms with van der Waals surface area (Å²) in [5.74, 6) is 0. The standard InChI is InChI=1S/C10H8N/c1-2-4-6-10-9(5-3-1)7-8-11-10/h1,3-8,11H/b2-1?,3-1-,4-2?,5-3?,6-4?,9-5-,10-6+. The van der Waals surface area contributed by atoms with Gasteiger partial charge in [-0.05, 0) is 23.4 Å². The van der Waals surface area contributed by atoms with Crippen LogP contribution in [0.5, 0.6) is 0 Å². The Morgan fingerprint density at radius 2 is 2.27 bits per heavy atom. The lowest BCUT2D eigenvalue weighted by Gasteiger charge is -1.80. The number of hydrogen-bond donors (Lipinski definition) is 1. The summed E-state index contributed by atoms with van der Waals surface area (Å²) >= 11 is 0. The summed E-state index contributed by atoms with van der Waals surface area (Å²) in [5, 5.41) is 2.36. The summed E-state index contributed by atoms with van der Waals surface area (Å²) in [6.45, 7) is 0. The van der Waals surface area contributed by atoms with Crippen LogP contribution in [0, 0.1) is 6.08 Å². The number of rotatable bonds is 0. The van der Waals surface area contributed by atoms with Crippen molar-refractivity contribution in [1.82, 2.24) is 4.98 Å². The molecule has 1 aliphatic rings. The van der Waals surface area contributed by atoms with Crippen molar-refractivity contribution in [3.63, 3.8) is 0 Å². The van der Waals surface area contributed by atoms with E-state index >= 15 is 0 Å². The summed E-state index contributed by atoms with van der Waals surface area (Å²) in [6, 6.07) is 2.05. The van der Waals surface area contributed by atoms with E-state index in [2.05, 4.69) is 23.2 Å². The van der Waals surface area contributed by atoms with Gasteiger partial charge in [-0.25, -0.2) is 0 Å². The van der Waals surface area contributed by atoms with Gasteiger partial charge in [-0.1, -0.05) is 24.3 Å². The lowest BCUT2D eigenvalue weighted by molar-refractivity contribution is 1.32. The van der Waals surface area contributed by atoms with Gasteiger partial charge in [0.15, 0.2) is 0 Å². The maximum atomic E-state index is 3.13. The van der Waals surface area contributed by atoms with E-state index in [1.165, 1.54) is 5.22 Å². The zero-order valence-corrected chi connectivity index (χ0v) is 6.04. The van der Waals surface area contributed by atoms with Crippen LogP contribution in [-0.4, -0.2) is 4.98 Å². The molecule has 1 heteroatoms. The molecule has 0 bridgehead atoms. The van der Waals surface area contributed by atoms with Gasteiger partial charge in [0.2, 0.25) is 0 Å². The molecule has 0 aromatic carbocycles. The van der Waals surface area contributed by atoms with Crippen molar-refractivity contribution in [2.45, 2.75) is 0 Å². The first-order valence-electron chi connectivity index (χ1n) is 3.57. The van der Waals surface area contributed by atoms with Crippen molar-refractivity contribution in [3.8, 4) is 0 Å². The Morgan fingerprint density at radius 1 is 1.27 bits per heavy atom. The van der Waals surface area contributed by atoms with Crippen molar-refractivity contribution in [1.29, 1.82) is 0 Å². The minimum Gasteiger partial charge on any atom is -0.361 e. The Bertz CT molecular complexity index is 366. The molecule has 0 fully saturated rings. The highest BCUT2D eigenvalue weighted by Crippen LogP contribution is 1.81. The molecule has 0 saturated carbocycles. The Labute approximate surface area is 65.1 Å². The topological polar surface area (TPSA) is 15.8 Å². The van der Waals surface area contributed by atoms with E-state index in [1.54, 1.807) is 0 Å². The molecule has 53 valence electrons. The first-order chi connectivity index (χ1) is 5.47. The summed E-state index contributed by atoms with van der Waals surface area (Å²) in [5.41, 5.74) is 0. The number of aromatic amines is 1. The maximum absolute atomic E-state index is 3.13. The van der Waals surface area contributed by atoms with Gasteiger partial charge in [0.1, 0.15) is 0 Å². The zero-order valence-electron chi connectivity index (χ0n) is 6.04. The average Bonchev–Trinajstić information content (AvgIpc) is 2.35. The number of allylic oxidation sites excluding steroid dienone is 4. The van der Waals surface area contributed by atoms with E-state index in [1.807, 2.05) is 30.5 Å². The molecule has 0 saturated heterocycles. The molecule has 1 aromatic rings. The summed E-state index contributed by atoms with van der Waals surface area (Å²) in [4.78, 5) is 3.13. The van der Waals surface area contributed by atoms with Crippen molar-refractivity contribution < 1.29 is 0 Å². The lowest BCUT2D eigenvalue weighted by atomic mass is 10.3. The van der Waals surface area contributed by atoms with Gasteiger partial charge in [-0.3, -0.25) is 0 Å². The summed E-state index contributed by atoms with van der Waals surface area (Å²) in [6.07, 6.45) is 14.8. The van der Waals surface area contributed by atoms with Crippen LogP contribution < -0.4 is 10.6 Å². The number of hydrogen-bond acceptors (Lipinski definition) is 0. The van der Waals surface area contributed by atoms with Crippen LogP contribution in [-0.2, 0) is 0 Å². The van der Waals surface area contributed by atoms with E-state index in [-0.39, 0.29) is 0 Å². The molecule has 0 aliphatic heterocycles. The number of fused-ring (bicyclic) bond motifs is 1. The van der Waals surface area contributed by atoms with Crippen LogP contribution in [0.3, 0.4) is 0 Å². The van der Waals surface area contributed by atoms with E-state index in [0.717, 1.165) is 5.35 Å². The van der Waals surface area contributed by atoms with Gasteiger partial charge in [0, 0.05) is 11.5 Å². The predicted octanol–water partition coefficient (Wildman–Crippen LogP) is 0.505. The van der Waals surface area contributed by atoms with E-state index in [4.69, 9.17) is 0 Å². The van der Waals surface area contributed by atoms with Crippen molar-refractivity contribution in [2.24, 2.45) is 0 Å². The van der Waals surface area contributed by atoms with Crippen LogP contribution in [0.2, 0.25) is 0 Å². The molecule has 2 rings (SSSR count). The minimum atomic E-state index is 1.14. The van der Waals surface area contributed by atoms with Gasteiger partial charge >= 0.3 is 0 Å². The van der Waals surface area contributed by atoms with E-state index in [0.29, 0.717) is 0 Å². The third-order valence-corrected chi connectivity index (χ3v) is 1.63. The molecule has 1 radical (unpaired) electrons. The zero-order chi connectivity index (χ0) is 7.52. The van der Waals surface area contributed by atoms with Crippen molar-refractivity contribution >= 4 is 12.2 Å². The molecule has 0 amide bonds. The lowest BCUT2D eigenvalue weighted by Crippen LogP contribution is -2.21. The fourth-order valence-corrected chi connectivity index (χ4v) is 1.08. The average molecular weight is 142 g/mol. The second-order valence-electron chi connectivity index (χ2n) is 2.37. The van der Waals surface area contributed by atoms with E-state index < -0.39 is 0 Å². The molecule has 1 aromatic heterocycles. The number of nitrogens with one attached hydrogen (secondary N) is 1. The Balaban J connectivity index is 2.80. The quantitative estimate of drug-likeness (QED) is 0.543. The summed E-state index contributed by atoms with van der Waals surface area (Å²) in [7, 11) is 0. The molecule has 0 spiro atoms. The van der Waals surface area contributed by atoms with Gasteiger partial charge in [0.25, 0.3) is 0 Å². The number of H-pyrrole nitrogens is 1. The molecule has 11 heavy (non-hydrogen) atoms. The maximum Gasteiger partial charge on any atom is 0.0454 e. The summed E-state index contributed by atoms with van der Waals surface area (Å²) < 4.78 is 0. The molecule has 0 unspecified atom stereocenters.